The minimum absolute atomic E-state index is 0.000673. The van der Waals surface area contributed by atoms with Crippen LogP contribution in [-0.4, -0.2) is 34.5 Å². The van der Waals surface area contributed by atoms with Crippen molar-refractivity contribution in [2.45, 2.75) is 52.4 Å². The second kappa shape index (κ2) is 28.9. The molecule has 0 aliphatic carbocycles. The Labute approximate surface area is 618 Å². The maximum Gasteiger partial charge on any atom is 0.164 e. The largest absolute Gasteiger partial charge is 0.308 e. The standard InChI is InChI=1S/C61H46N4.C37H30FN3/c1-61(2,3)50-33-29-44(30-34-50)52-40-49(60-63-58(45-25-15-7-16-26-45)62-59(64-60)46-27-17-8-18-28-46)39-51(43-23-13-6-14-24-43)57(52)65-55-35-31-47(41-19-9-4-10-20-41)37-53(55)54-38-48(32-36-56(54)65)42-21-11-5-12-22-42;1-37(2,3)30-21-19-26(20-22-30)32-24-29(23-31(33(32)38)25-13-7-4-8-14-25)36-40-34(27-15-9-5-10-16-27)39-35(41-36)28-17-11-6-12-18-28/h4-40H,1-3H3;4-24H,1-3H3. The molecule has 0 saturated carbocycles. The average Bonchev–Trinajstić information content (AvgIpc) is 1.55. The fourth-order valence-corrected chi connectivity index (χ4v) is 13.9. The summed E-state index contributed by atoms with van der Waals surface area (Å²) in [7, 11) is 0. The third kappa shape index (κ3) is 14.0. The molecule has 0 bridgehead atoms. The number of aromatic nitrogens is 7. The second-order valence-electron chi connectivity index (χ2n) is 28.8. The fraction of sp³-hybridized carbons (Fsp3) is 0.0816. The van der Waals surface area contributed by atoms with Gasteiger partial charge >= 0.3 is 0 Å². The highest BCUT2D eigenvalue weighted by Gasteiger charge is 2.26. The van der Waals surface area contributed by atoms with Gasteiger partial charge in [-0.25, -0.2) is 34.3 Å². The highest BCUT2D eigenvalue weighted by molar-refractivity contribution is 6.13. The molecule has 0 saturated heterocycles. The van der Waals surface area contributed by atoms with Gasteiger partial charge in [-0.15, -0.1) is 0 Å². The lowest BCUT2D eigenvalue weighted by molar-refractivity contribution is 0.590. The zero-order valence-corrected chi connectivity index (χ0v) is 60.0. The SMILES string of the molecule is CC(C)(C)c1ccc(-c2cc(-c3nc(-c4ccccc4)nc(-c4ccccc4)n3)cc(-c3ccccc3)c2-n2c3ccc(-c4ccccc4)cc3c3cc(-c4ccccc4)ccc32)cc1.CC(C)(C)c1ccc(-c2cc(-c3nc(-c4ccccc4)nc(-c4ccccc4)n3)cc(-c3ccccc3)c2F)cc1. The van der Waals surface area contributed by atoms with Crippen molar-refractivity contribution in [3.8, 4) is 141 Å². The van der Waals surface area contributed by atoms with Crippen LogP contribution in [0.3, 0.4) is 0 Å². The molecule has 510 valence electrons. The van der Waals surface area contributed by atoms with Gasteiger partial charge in [-0.2, -0.15) is 0 Å². The molecule has 0 amide bonds. The minimum atomic E-state index is -0.274. The number of fused-ring (bicyclic) bond motifs is 3. The van der Waals surface area contributed by atoms with E-state index in [2.05, 4.69) is 246 Å². The number of halogens is 1. The molecule has 7 nitrogen and oxygen atoms in total. The number of nitrogens with zero attached hydrogens (tertiary/aromatic N) is 7. The quantitative estimate of drug-likeness (QED) is 0.114. The highest BCUT2D eigenvalue weighted by atomic mass is 19.1. The molecule has 0 aliphatic heterocycles. The van der Waals surface area contributed by atoms with Crippen molar-refractivity contribution < 1.29 is 4.39 Å². The van der Waals surface area contributed by atoms with E-state index in [-0.39, 0.29) is 16.6 Å². The molecule has 0 atom stereocenters. The monoisotopic (exact) mass is 1370 g/mol. The van der Waals surface area contributed by atoms with Gasteiger partial charge in [0.1, 0.15) is 5.82 Å². The Bertz CT molecular complexity index is 5750. The Hall–Kier alpha value is -13.2. The molecule has 0 aliphatic rings. The molecule has 8 heteroatoms. The third-order valence-electron chi connectivity index (χ3n) is 19.6. The summed E-state index contributed by atoms with van der Waals surface area (Å²) in [5.74, 6) is 3.21. The van der Waals surface area contributed by atoms with E-state index in [1.165, 1.54) is 44.2 Å². The summed E-state index contributed by atoms with van der Waals surface area (Å²) in [6, 6.07) is 121. The zero-order chi connectivity index (χ0) is 72.3. The molecule has 0 fully saturated rings. The van der Waals surface area contributed by atoms with Crippen molar-refractivity contribution in [1.82, 2.24) is 34.5 Å². The normalized spacial score (nSPS) is 11.5. The average molecular weight is 1370 g/mol. The molecule has 14 aromatic carbocycles. The Kier molecular flexibility index (Phi) is 18.4. The van der Waals surface area contributed by atoms with Crippen molar-refractivity contribution in [2.24, 2.45) is 0 Å². The molecule has 0 spiro atoms. The lowest BCUT2D eigenvalue weighted by Gasteiger charge is -2.22. The Morgan fingerprint density at radius 3 is 0.736 bits per heavy atom. The molecule has 0 N–H and O–H groups in total. The molecule has 0 unspecified atom stereocenters. The van der Waals surface area contributed by atoms with Gasteiger partial charge in [-0.1, -0.05) is 345 Å². The van der Waals surface area contributed by atoms with Crippen LogP contribution in [0, 0.1) is 5.82 Å². The van der Waals surface area contributed by atoms with Crippen LogP contribution < -0.4 is 0 Å². The molecule has 0 radical (unpaired) electrons. The first-order chi connectivity index (χ1) is 51.7. The van der Waals surface area contributed by atoms with E-state index >= 15 is 4.39 Å². The highest BCUT2D eigenvalue weighted by Crippen LogP contribution is 2.46. The van der Waals surface area contributed by atoms with Crippen LogP contribution in [0.1, 0.15) is 52.7 Å². The Morgan fingerprint density at radius 2 is 0.443 bits per heavy atom. The van der Waals surface area contributed by atoms with Gasteiger partial charge in [-0.3, -0.25) is 0 Å². The molecular formula is C98H76FN7. The first kappa shape index (κ1) is 67.3. The van der Waals surface area contributed by atoms with Crippen molar-refractivity contribution in [2.75, 3.05) is 0 Å². The van der Waals surface area contributed by atoms with E-state index in [9.17, 15) is 0 Å². The first-order valence-corrected chi connectivity index (χ1v) is 36.0. The van der Waals surface area contributed by atoms with Crippen molar-refractivity contribution >= 4 is 21.8 Å². The molecule has 106 heavy (non-hydrogen) atoms. The van der Waals surface area contributed by atoms with E-state index in [1.54, 1.807) is 0 Å². The summed E-state index contributed by atoms with van der Waals surface area (Å²) >= 11 is 0. The number of hydrogen-bond donors (Lipinski definition) is 0. The zero-order valence-electron chi connectivity index (χ0n) is 60.0. The van der Waals surface area contributed by atoms with E-state index < -0.39 is 0 Å². The van der Waals surface area contributed by atoms with E-state index in [0.29, 0.717) is 46.1 Å². The third-order valence-corrected chi connectivity index (χ3v) is 19.6. The predicted octanol–water partition coefficient (Wildman–Crippen LogP) is 25.6. The number of benzene rings is 14. The van der Waals surface area contributed by atoms with Crippen molar-refractivity contribution in [3.05, 3.63) is 369 Å². The van der Waals surface area contributed by atoms with E-state index in [4.69, 9.17) is 29.9 Å². The van der Waals surface area contributed by atoms with Crippen LogP contribution in [0.25, 0.3) is 163 Å². The van der Waals surface area contributed by atoms with Gasteiger partial charge in [0.25, 0.3) is 0 Å². The Balaban J connectivity index is 0.000000181. The van der Waals surface area contributed by atoms with Gasteiger partial charge in [0.15, 0.2) is 34.9 Å². The van der Waals surface area contributed by atoms with Gasteiger partial charge in [0.05, 0.1) is 16.7 Å². The summed E-state index contributed by atoms with van der Waals surface area (Å²) in [4.78, 5) is 30.2. The lowest BCUT2D eigenvalue weighted by Crippen LogP contribution is -2.10. The first-order valence-electron chi connectivity index (χ1n) is 36.0. The summed E-state index contributed by atoms with van der Waals surface area (Å²) in [6.07, 6.45) is 0. The van der Waals surface area contributed by atoms with Crippen molar-refractivity contribution in [1.29, 1.82) is 0 Å². The summed E-state index contributed by atoms with van der Waals surface area (Å²) in [5.41, 5.74) is 22.7. The second-order valence-corrected chi connectivity index (χ2v) is 28.8. The van der Waals surface area contributed by atoms with Crippen LogP contribution in [0.5, 0.6) is 0 Å². The van der Waals surface area contributed by atoms with Crippen LogP contribution in [0.2, 0.25) is 0 Å². The minimum Gasteiger partial charge on any atom is -0.308 e. The van der Waals surface area contributed by atoms with Crippen LogP contribution in [0.15, 0.2) is 352 Å². The van der Waals surface area contributed by atoms with Crippen LogP contribution in [-0.2, 0) is 10.8 Å². The predicted molar refractivity (Wildman–Crippen MR) is 437 cm³/mol. The molecule has 3 heterocycles. The number of rotatable bonds is 13. The fourth-order valence-electron chi connectivity index (χ4n) is 13.9. The smallest absolute Gasteiger partial charge is 0.164 e. The van der Waals surface area contributed by atoms with Crippen LogP contribution >= 0.6 is 0 Å². The van der Waals surface area contributed by atoms with E-state index in [0.717, 1.165) is 83.5 Å². The molecule has 17 aromatic rings. The number of hydrogen-bond acceptors (Lipinski definition) is 6. The molecule has 17 rings (SSSR count). The van der Waals surface area contributed by atoms with Gasteiger partial charge in [-0.05, 0) is 115 Å². The lowest BCUT2D eigenvalue weighted by atomic mass is 9.85. The molecule has 3 aromatic heterocycles. The van der Waals surface area contributed by atoms with Gasteiger partial charge in [0.2, 0.25) is 0 Å². The topological polar surface area (TPSA) is 82.3 Å². The van der Waals surface area contributed by atoms with Gasteiger partial charge in [0, 0.05) is 66.4 Å². The summed E-state index contributed by atoms with van der Waals surface area (Å²) in [6.45, 7) is 13.3. The molecular weight excluding hydrogens is 1290 g/mol. The Morgan fingerprint density at radius 1 is 0.217 bits per heavy atom. The maximum atomic E-state index is 16.3. The van der Waals surface area contributed by atoms with Crippen molar-refractivity contribution in [3.63, 3.8) is 0 Å². The summed E-state index contributed by atoms with van der Waals surface area (Å²) < 4.78 is 18.8. The van der Waals surface area contributed by atoms with E-state index in [1.807, 2.05) is 152 Å². The van der Waals surface area contributed by atoms with Gasteiger partial charge < -0.3 is 4.57 Å². The maximum absolute atomic E-state index is 16.3. The van der Waals surface area contributed by atoms with Crippen LogP contribution in [0.4, 0.5) is 4.39 Å². The summed E-state index contributed by atoms with van der Waals surface area (Å²) in [5, 5.41) is 2.38.